The number of amides is 1. The van der Waals surface area contributed by atoms with Crippen LogP contribution in [0.2, 0.25) is 0 Å². The zero-order valence-corrected chi connectivity index (χ0v) is 22.3. The average molecular weight is 514 g/mol. The molecule has 200 valence electrons. The van der Waals surface area contributed by atoms with Gasteiger partial charge in [0.2, 0.25) is 0 Å². The molecule has 38 heavy (non-hydrogen) atoms. The van der Waals surface area contributed by atoms with E-state index >= 15 is 0 Å². The van der Waals surface area contributed by atoms with Crippen LogP contribution < -0.4 is 10.2 Å². The number of hydrogen-bond acceptors (Lipinski definition) is 5. The van der Waals surface area contributed by atoms with Gasteiger partial charge in [-0.3, -0.25) is 14.4 Å². The largest absolute Gasteiger partial charge is 0.374 e. The van der Waals surface area contributed by atoms with Crippen molar-refractivity contribution in [1.82, 2.24) is 14.7 Å². The Morgan fingerprint density at radius 1 is 1.08 bits per heavy atom. The van der Waals surface area contributed by atoms with Crippen molar-refractivity contribution in [2.24, 2.45) is 5.92 Å². The van der Waals surface area contributed by atoms with E-state index in [1.54, 1.807) is 0 Å². The number of benzene rings is 2. The van der Waals surface area contributed by atoms with Gasteiger partial charge in [0.05, 0.1) is 12.7 Å². The molecule has 2 aliphatic heterocycles. The molecule has 1 unspecified atom stereocenters. The number of rotatable bonds is 10. The highest BCUT2D eigenvalue weighted by atomic mass is 16.5. The number of aromatic nitrogens is 2. The highest BCUT2D eigenvalue weighted by molar-refractivity contribution is 6.04. The van der Waals surface area contributed by atoms with Crippen molar-refractivity contribution >= 4 is 17.3 Å². The van der Waals surface area contributed by atoms with Gasteiger partial charge >= 0.3 is 0 Å². The quantitative estimate of drug-likeness (QED) is 0.404. The maximum absolute atomic E-state index is 12.8. The zero-order valence-electron chi connectivity index (χ0n) is 22.3. The number of likely N-dealkylation sites (tertiary alicyclic amines) is 1. The molecule has 0 spiro atoms. The highest BCUT2D eigenvalue weighted by Crippen LogP contribution is 2.36. The molecule has 3 fully saturated rings. The molecule has 7 nitrogen and oxygen atoms in total. The van der Waals surface area contributed by atoms with Crippen LogP contribution in [0.1, 0.15) is 54.9 Å². The van der Waals surface area contributed by atoms with Gasteiger partial charge in [-0.05, 0) is 93.0 Å². The van der Waals surface area contributed by atoms with E-state index in [2.05, 4.69) is 39.3 Å². The maximum Gasteiger partial charge on any atom is 0.255 e. The van der Waals surface area contributed by atoms with E-state index < -0.39 is 0 Å². The van der Waals surface area contributed by atoms with Crippen LogP contribution in [0.5, 0.6) is 0 Å². The third-order valence-electron chi connectivity index (χ3n) is 8.75. The summed E-state index contributed by atoms with van der Waals surface area (Å²) < 4.78 is 7.90. The van der Waals surface area contributed by atoms with Crippen molar-refractivity contribution in [3.05, 3.63) is 78.1 Å². The fourth-order valence-corrected chi connectivity index (χ4v) is 6.05. The summed E-state index contributed by atoms with van der Waals surface area (Å²) in [5.74, 6) is 0.643. The van der Waals surface area contributed by atoms with Crippen molar-refractivity contribution in [1.29, 1.82) is 0 Å². The average Bonchev–Trinajstić information content (AvgIpc) is 3.65. The summed E-state index contributed by atoms with van der Waals surface area (Å²) in [4.78, 5) is 18.0. The summed E-state index contributed by atoms with van der Waals surface area (Å²) in [6, 6.07) is 19.2. The SMILES string of the molecule is CC(CCn1cccn1)N1C[C@H]2CCN(c3ccc(NC(=O)c4ccc(COC5CCC5)cc4)cc3)[C@H]2C1. The normalized spacial score (nSPS) is 22.3. The molecule has 7 heteroatoms. The molecule has 1 aromatic heterocycles. The van der Waals surface area contributed by atoms with Gasteiger partial charge in [-0.25, -0.2) is 0 Å². The molecule has 0 radical (unpaired) electrons. The van der Waals surface area contributed by atoms with Gasteiger partial charge in [0.15, 0.2) is 0 Å². The summed E-state index contributed by atoms with van der Waals surface area (Å²) in [6.45, 7) is 7.34. The molecular weight excluding hydrogens is 474 g/mol. The zero-order chi connectivity index (χ0) is 25.9. The van der Waals surface area contributed by atoms with Gasteiger partial charge in [0.1, 0.15) is 0 Å². The lowest BCUT2D eigenvalue weighted by Gasteiger charge is -2.29. The van der Waals surface area contributed by atoms with Crippen LogP contribution in [-0.2, 0) is 17.9 Å². The van der Waals surface area contributed by atoms with Crippen LogP contribution in [-0.4, -0.2) is 58.4 Å². The lowest BCUT2D eigenvalue weighted by molar-refractivity contribution is -0.00866. The molecule has 1 N–H and O–H groups in total. The number of fused-ring (bicyclic) bond motifs is 1. The first-order chi connectivity index (χ1) is 18.6. The van der Waals surface area contributed by atoms with E-state index in [1.807, 2.05) is 59.5 Å². The van der Waals surface area contributed by atoms with Gasteiger partial charge in [0.25, 0.3) is 5.91 Å². The molecule has 1 saturated carbocycles. The van der Waals surface area contributed by atoms with Gasteiger partial charge in [-0.1, -0.05) is 12.1 Å². The standard InChI is InChI=1S/C31H39N5O2/c1-23(14-18-35-17-3-16-32-35)34-20-26-15-19-36(30(26)21-34)28-12-10-27(11-13-28)33-31(37)25-8-6-24(7-9-25)22-38-29-4-2-5-29/h3,6-13,16-17,23,26,29-30H,2,4-5,14-15,18-22H2,1H3,(H,33,37)/t23?,26-,30+/m1/s1. The minimum atomic E-state index is -0.0824. The Hall–Kier alpha value is -3.16. The fourth-order valence-electron chi connectivity index (χ4n) is 6.05. The number of carbonyl (C=O) groups is 1. The maximum atomic E-state index is 12.8. The van der Waals surface area contributed by atoms with Crippen molar-refractivity contribution in [2.75, 3.05) is 29.9 Å². The van der Waals surface area contributed by atoms with E-state index in [0.717, 1.165) is 43.2 Å². The van der Waals surface area contributed by atoms with Crippen LogP contribution in [0.25, 0.3) is 0 Å². The van der Waals surface area contributed by atoms with Crippen molar-refractivity contribution in [2.45, 2.75) is 70.4 Å². The highest BCUT2D eigenvalue weighted by Gasteiger charge is 2.42. The Balaban J connectivity index is 1.00. The lowest BCUT2D eigenvalue weighted by atomic mass is 9.96. The smallest absolute Gasteiger partial charge is 0.255 e. The molecule has 3 aromatic rings. The van der Waals surface area contributed by atoms with Crippen LogP contribution >= 0.6 is 0 Å². The second-order valence-corrected chi connectivity index (χ2v) is 11.2. The summed E-state index contributed by atoms with van der Waals surface area (Å²) in [5, 5.41) is 7.40. The van der Waals surface area contributed by atoms with Crippen molar-refractivity contribution in [3.8, 4) is 0 Å². The number of nitrogens with zero attached hydrogens (tertiary/aromatic N) is 4. The fraction of sp³-hybridized carbons (Fsp3) is 0.484. The van der Waals surface area contributed by atoms with Gasteiger partial charge in [0, 0.05) is 67.6 Å². The molecule has 0 bridgehead atoms. The topological polar surface area (TPSA) is 62.6 Å². The number of hydrogen-bond donors (Lipinski definition) is 1. The third kappa shape index (κ3) is 5.64. The van der Waals surface area contributed by atoms with E-state index in [-0.39, 0.29) is 5.91 Å². The predicted octanol–water partition coefficient (Wildman–Crippen LogP) is 5.19. The molecule has 1 amide bonds. The van der Waals surface area contributed by atoms with E-state index in [9.17, 15) is 4.79 Å². The Morgan fingerprint density at radius 3 is 2.61 bits per heavy atom. The molecule has 6 rings (SSSR count). The Kier molecular flexibility index (Phi) is 7.47. The lowest BCUT2D eigenvalue weighted by Crippen LogP contribution is -2.38. The first-order valence-corrected chi connectivity index (χ1v) is 14.2. The second-order valence-electron chi connectivity index (χ2n) is 11.2. The molecule has 3 atom stereocenters. The molecular formula is C31H39N5O2. The minimum absolute atomic E-state index is 0.0824. The predicted molar refractivity (Wildman–Crippen MR) is 150 cm³/mol. The molecule has 3 heterocycles. The van der Waals surface area contributed by atoms with Crippen LogP contribution in [0.3, 0.4) is 0 Å². The number of carbonyl (C=O) groups excluding carboxylic acids is 1. The second kappa shape index (κ2) is 11.3. The van der Waals surface area contributed by atoms with Gasteiger partial charge in [-0.15, -0.1) is 0 Å². The molecule has 2 aromatic carbocycles. The third-order valence-corrected chi connectivity index (χ3v) is 8.75. The summed E-state index contributed by atoms with van der Waals surface area (Å²) >= 11 is 0. The van der Waals surface area contributed by atoms with E-state index in [4.69, 9.17) is 4.74 Å². The summed E-state index contributed by atoms with van der Waals surface area (Å²) in [6.07, 6.45) is 10.3. The van der Waals surface area contributed by atoms with E-state index in [1.165, 1.54) is 37.9 Å². The first kappa shape index (κ1) is 25.1. The first-order valence-electron chi connectivity index (χ1n) is 14.2. The van der Waals surface area contributed by atoms with Crippen LogP contribution in [0.15, 0.2) is 67.0 Å². The molecule has 3 aliphatic rings. The van der Waals surface area contributed by atoms with E-state index in [0.29, 0.717) is 30.4 Å². The van der Waals surface area contributed by atoms with Gasteiger partial charge in [-0.2, -0.15) is 5.10 Å². The summed E-state index contributed by atoms with van der Waals surface area (Å²) in [7, 11) is 0. The Morgan fingerprint density at radius 2 is 1.89 bits per heavy atom. The number of aryl methyl sites for hydroxylation is 1. The van der Waals surface area contributed by atoms with Crippen molar-refractivity contribution < 1.29 is 9.53 Å². The minimum Gasteiger partial charge on any atom is -0.374 e. The summed E-state index contributed by atoms with van der Waals surface area (Å²) in [5.41, 5.74) is 3.85. The molecule has 2 saturated heterocycles. The van der Waals surface area contributed by atoms with Gasteiger partial charge < -0.3 is 15.0 Å². The number of ether oxygens (including phenoxy) is 1. The Bertz CT molecular complexity index is 1190. The van der Waals surface area contributed by atoms with Crippen molar-refractivity contribution in [3.63, 3.8) is 0 Å². The number of nitrogens with one attached hydrogen (secondary N) is 1. The number of anilines is 2. The van der Waals surface area contributed by atoms with Crippen LogP contribution in [0.4, 0.5) is 11.4 Å². The Labute approximate surface area is 225 Å². The van der Waals surface area contributed by atoms with Crippen LogP contribution in [0, 0.1) is 5.92 Å². The molecule has 1 aliphatic carbocycles. The monoisotopic (exact) mass is 513 g/mol.